The van der Waals surface area contributed by atoms with Crippen molar-refractivity contribution >= 4 is 30.5 Å². The van der Waals surface area contributed by atoms with Gasteiger partial charge < -0.3 is 35.3 Å². The van der Waals surface area contributed by atoms with Crippen molar-refractivity contribution in [2.24, 2.45) is 0 Å². The molecule has 0 aromatic carbocycles. The topological polar surface area (TPSA) is 177 Å². The number of hydrogen-bond acceptors (Lipinski definition) is 10. The van der Waals surface area contributed by atoms with Crippen LogP contribution in [0.15, 0.2) is 18.5 Å². The van der Waals surface area contributed by atoms with Crippen LogP contribution < -0.4 is 80.4 Å². The number of fused-ring (bicyclic) bond motifs is 1. The van der Waals surface area contributed by atoms with Crippen molar-refractivity contribution in [3.63, 3.8) is 0 Å². The van der Waals surface area contributed by atoms with Gasteiger partial charge in [0.1, 0.15) is 5.52 Å². The number of nitrogens with zero attached hydrogens (tertiary/aromatic N) is 4. The molecule has 0 fully saturated rings. The maximum atomic E-state index is 10.6. The van der Waals surface area contributed by atoms with Crippen LogP contribution >= 0.6 is 7.60 Å². The molecule has 0 saturated carbocycles. The molecule has 2 aromatic rings. The maximum Gasteiger partial charge on any atom is 1.00 e. The average molecular weight is 372 g/mol. The first-order valence-electron chi connectivity index (χ1n) is 6.05. The average Bonchev–Trinajstić information content (AvgIpc) is 3.01. The molecule has 14 heteroatoms. The molecule has 4 N–H and O–H groups in total. The summed E-state index contributed by atoms with van der Waals surface area (Å²) in [5, 5.41) is 0. The number of imidazole rings is 1. The summed E-state index contributed by atoms with van der Waals surface area (Å²) < 4.78 is 22.4. The fourth-order valence-electron chi connectivity index (χ4n) is 1.97. The summed E-state index contributed by atoms with van der Waals surface area (Å²) in [7, 11) is -4.76. The van der Waals surface area contributed by atoms with Gasteiger partial charge in [-0.3, -0.25) is 4.57 Å². The second-order valence-electron chi connectivity index (χ2n) is 4.48. The Labute approximate surface area is 180 Å². The largest absolute Gasteiger partial charge is 1.00 e. The van der Waals surface area contributed by atoms with Crippen LogP contribution in [0.3, 0.4) is 0 Å². The summed E-state index contributed by atoms with van der Waals surface area (Å²) >= 11 is 0. The molecule has 24 heavy (non-hydrogen) atoms. The molecular weight excluding hydrogens is 361 g/mol. The van der Waals surface area contributed by atoms with Gasteiger partial charge in [0, 0.05) is 0 Å². The van der Waals surface area contributed by atoms with E-state index in [1.165, 1.54) is 17.0 Å². The molecule has 1 aliphatic rings. The van der Waals surface area contributed by atoms with E-state index in [2.05, 4.69) is 15.0 Å². The fourth-order valence-corrected chi connectivity index (χ4v) is 2.30. The van der Waals surface area contributed by atoms with Gasteiger partial charge in [-0.15, -0.1) is 0 Å². The van der Waals surface area contributed by atoms with E-state index in [0.29, 0.717) is 11.2 Å². The predicted octanol–water partition coefficient (Wildman–Crippen LogP) is -7.70. The third kappa shape index (κ3) is 4.99. The van der Waals surface area contributed by atoms with Crippen molar-refractivity contribution < 1.29 is 82.9 Å². The van der Waals surface area contributed by atoms with Crippen molar-refractivity contribution in [3.05, 3.63) is 18.5 Å². The summed E-state index contributed by atoms with van der Waals surface area (Å²) in [6, 6.07) is 0. The van der Waals surface area contributed by atoms with E-state index in [-0.39, 0.29) is 70.9 Å². The molecule has 3 heterocycles. The summed E-state index contributed by atoms with van der Waals surface area (Å²) in [5.74, 6) is 0.120. The predicted molar refractivity (Wildman–Crippen MR) is 70.8 cm³/mol. The normalized spacial score (nSPS) is 19.9. The molecule has 0 bridgehead atoms. The first-order valence-corrected chi connectivity index (χ1v) is 7.78. The molecule has 118 valence electrons. The van der Waals surface area contributed by atoms with Crippen LogP contribution in [0.1, 0.15) is 6.23 Å². The molecule has 0 radical (unpaired) electrons. The summed E-state index contributed by atoms with van der Waals surface area (Å²) in [6.07, 6.45) is 1.93. The number of hydrogen-bond donors (Lipinski definition) is 2. The standard InChI is InChI=1S/C10H13N6O5P.2Na/c11-8-7-9(15-10(12)14-8)16(3-13-7)5-1-2-6(21-5)20-4-22(17,18)19;;/h1-3,5-6H,4H2,(H2,17,18,19)(H4,11,12,14,15);;/q;2*+1/p-2/t5-,6+;;/m1../s1. The van der Waals surface area contributed by atoms with Crippen LogP contribution in [0.25, 0.3) is 11.2 Å². The van der Waals surface area contributed by atoms with Crippen molar-refractivity contribution in [2.45, 2.75) is 12.5 Å². The first kappa shape index (κ1) is 22.0. The maximum absolute atomic E-state index is 10.6. The third-order valence-electron chi connectivity index (χ3n) is 2.84. The summed E-state index contributed by atoms with van der Waals surface area (Å²) in [4.78, 5) is 33.0. The zero-order valence-corrected chi connectivity index (χ0v) is 17.9. The van der Waals surface area contributed by atoms with E-state index in [0.717, 1.165) is 0 Å². The van der Waals surface area contributed by atoms with Gasteiger partial charge in [0.15, 0.2) is 24.0 Å². The minimum Gasteiger partial charge on any atom is -0.809 e. The molecule has 11 nitrogen and oxygen atoms in total. The Bertz CT molecular complexity index is 795. The zero-order valence-electron chi connectivity index (χ0n) is 13.0. The molecule has 0 amide bonds. The quantitative estimate of drug-likeness (QED) is 0.298. The Hall–Kier alpha value is -0.0400. The van der Waals surface area contributed by atoms with Crippen LogP contribution in [0, 0.1) is 0 Å². The molecule has 0 aliphatic carbocycles. The van der Waals surface area contributed by atoms with E-state index in [9.17, 15) is 14.4 Å². The molecule has 3 rings (SSSR count). The number of aromatic nitrogens is 4. The van der Waals surface area contributed by atoms with Crippen molar-refractivity contribution in [1.82, 2.24) is 19.5 Å². The van der Waals surface area contributed by atoms with E-state index in [1.807, 2.05) is 0 Å². The molecular formula is C10H11N6Na2O5P. The van der Waals surface area contributed by atoms with Crippen LogP contribution in [-0.2, 0) is 14.0 Å². The van der Waals surface area contributed by atoms with Crippen LogP contribution in [0.5, 0.6) is 0 Å². The number of anilines is 2. The number of rotatable bonds is 4. The second kappa shape index (κ2) is 8.56. The van der Waals surface area contributed by atoms with Gasteiger partial charge >= 0.3 is 59.1 Å². The van der Waals surface area contributed by atoms with Gasteiger partial charge in [0.2, 0.25) is 5.95 Å². The Balaban J connectivity index is 0.00000144. The van der Waals surface area contributed by atoms with E-state index in [4.69, 9.17) is 20.9 Å². The molecule has 0 unspecified atom stereocenters. The SMILES string of the molecule is Nc1nc(N)c2ncn([C@H]3C=C[C@@H](OCP(=O)([O-])[O-])O3)c2n1.[Na+].[Na+]. The van der Waals surface area contributed by atoms with Crippen molar-refractivity contribution in [1.29, 1.82) is 0 Å². The smallest absolute Gasteiger partial charge is 0.809 e. The molecule has 0 saturated heterocycles. The summed E-state index contributed by atoms with van der Waals surface area (Å²) in [6.45, 7) is 0. The first-order chi connectivity index (χ1) is 10.3. The monoisotopic (exact) mass is 372 g/mol. The van der Waals surface area contributed by atoms with Gasteiger partial charge in [-0.1, -0.05) is 0 Å². The molecule has 2 aromatic heterocycles. The number of nitrogens with two attached hydrogens (primary N) is 2. The van der Waals surface area contributed by atoms with Crippen molar-refractivity contribution in [3.8, 4) is 0 Å². The second-order valence-corrected chi connectivity index (χ2v) is 5.96. The van der Waals surface area contributed by atoms with Crippen molar-refractivity contribution in [2.75, 3.05) is 17.8 Å². The van der Waals surface area contributed by atoms with Gasteiger partial charge in [0.05, 0.1) is 12.7 Å². The Morgan fingerprint density at radius 3 is 2.67 bits per heavy atom. The number of nitrogen functional groups attached to an aromatic ring is 2. The van der Waals surface area contributed by atoms with Gasteiger partial charge in [-0.05, 0) is 19.7 Å². The van der Waals surface area contributed by atoms with E-state index in [1.54, 1.807) is 6.08 Å². The van der Waals surface area contributed by atoms with E-state index >= 15 is 0 Å². The molecule has 2 atom stereocenters. The van der Waals surface area contributed by atoms with E-state index < -0.39 is 26.5 Å². The van der Waals surface area contributed by atoms with Gasteiger partial charge in [0.25, 0.3) is 0 Å². The minimum absolute atomic E-state index is 0. The minimum atomic E-state index is -4.76. The Morgan fingerprint density at radius 1 is 1.29 bits per heavy atom. The number of ether oxygens (including phenoxy) is 2. The van der Waals surface area contributed by atoms with Crippen LogP contribution in [0.4, 0.5) is 11.8 Å². The Kier molecular flexibility index (Phi) is 7.85. The Morgan fingerprint density at radius 2 is 2.00 bits per heavy atom. The van der Waals surface area contributed by atoms with Gasteiger partial charge in [-0.2, -0.15) is 9.97 Å². The zero-order chi connectivity index (χ0) is 15.9. The van der Waals surface area contributed by atoms with Crippen LogP contribution in [-0.4, -0.2) is 32.2 Å². The third-order valence-corrected chi connectivity index (χ3v) is 3.31. The summed E-state index contributed by atoms with van der Waals surface area (Å²) in [5.41, 5.74) is 12.0. The van der Waals surface area contributed by atoms with Gasteiger partial charge in [-0.25, -0.2) is 4.98 Å². The fraction of sp³-hybridized carbons (Fsp3) is 0.300. The van der Waals surface area contributed by atoms with Crippen LogP contribution in [0.2, 0.25) is 0 Å². The molecule has 0 spiro atoms. The molecule has 1 aliphatic heterocycles.